The van der Waals surface area contributed by atoms with Crippen molar-refractivity contribution >= 4 is 57.5 Å². The second-order valence-corrected chi connectivity index (χ2v) is 6.73. The third-order valence-electron chi connectivity index (χ3n) is 3.05. The van der Waals surface area contributed by atoms with Gasteiger partial charge in [0.15, 0.2) is 0 Å². The van der Waals surface area contributed by atoms with Gasteiger partial charge in [-0.05, 0) is 13.8 Å². The van der Waals surface area contributed by atoms with Crippen molar-refractivity contribution in [2.24, 2.45) is 0 Å². The van der Waals surface area contributed by atoms with E-state index in [2.05, 4.69) is 4.52 Å². The van der Waals surface area contributed by atoms with Crippen molar-refractivity contribution in [3.8, 4) is 0 Å². The molecule has 1 aliphatic carbocycles. The zero-order valence-electron chi connectivity index (χ0n) is 17.3. The van der Waals surface area contributed by atoms with E-state index in [0.717, 1.165) is 0 Å². The van der Waals surface area contributed by atoms with Crippen LogP contribution in [-0.2, 0) is 18.7 Å². The first kappa shape index (κ1) is 33.7. The third-order valence-corrected chi connectivity index (χ3v) is 3.56. The molecule has 172 valence electrons. The van der Waals surface area contributed by atoms with Crippen LogP contribution in [-0.4, -0.2) is 154 Å². The van der Waals surface area contributed by atoms with Gasteiger partial charge in [0, 0.05) is 0 Å². The van der Waals surface area contributed by atoms with Crippen LogP contribution in [0.25, 0.3) is 0 Å². The Bertz CT molecular complexity index is 514. The van der Waals surface area contributed by atoms with Crippen LogP contribution < -0.4 is 0 Å². The SMILES string of the molecule is CC(O)C(=O)O.CC(O)C(=O)O.O=P(O)(O)OC1[C@@H](O)[C@H](O)C(O)[C@H](O)[C@@H]1O.[Ca+2].[H-].[H-]. The Balaban J connectivity index is -0.000000127. The molecule has 17 heteroatoms. The van der Waals surface area contributed by atoms with Gasteiger partial charge in [-0.3, -0.25) is 4.52 Å². The van der Waals surface area contributed by atoms with Crippen molar-refractivity contribution in [2.75, 3.05) is 0 Å². The molecule has 0 spiro atoms. The number of hydrogen-bond acceptors (Lipinski definition) is 11. The summed E-state index contributed by atoms with van der Waals surface area (Å²) >= 11 is 0. The molecule has 4 unspecified atom stereocenters. The number of carbonyl (C=O) groups is 2. The third kappa shape index (κ3) is 13.9. The zero-order valence-corrected chi connectivity index (χ0v) is 18.4. The number of hydrogen-bond donors (Lipinski definition) is 11. The molecule has 1 fully saturated rings. The normalized spacial score (nSPS) is 30.9. The first-order chi connectivity index (χ1) is 12.4. The van der Waals surface area contributed by atoms with E-state index in [1.165, 1.54) is 13.8 Å². The Morgan fingerprint density at radius 1 is 0.793 bits per heavy atom. The molecule has 0 aromatic heterocycles. The first-order valence-electron chi connectivity index (χ1n) is 7.40. The van der Waals surface area contributed by atoms with Crippen LogP contribution in [0.3, 0.4) is 0 Å². The van der Waals surface area contributed by atoms with Crippen molar-refractivity contribution < 1.29 is 77.3 Å². The van der Waals surface area contributed by atoms with Gasteiger partial charge in [0.1, 0.15) is 48.8 Å². The van der Waals surface area contributed by atoms with Crippen LogP contribution in [0.2, 0.25) is 0 Å². The van der Waals surface area contributed by atoms with Crippen LogP contribution in [0, 0.1) is 0 Å². The number of rotatable bonds is 4. The number of carboxylic acids is 2. The summed E-state index contributed by atoms with van der Waals surface area (Å²) in [6.07, 6.45) is -13.8. The summed E-state index contributed by atoms with van der Waals surface area (Å²) < 4.78 is 14.5. The van der Waals surface area contributed by atoms with Crippen molar-refractivity contribution in [3.63, 3.8) is 0 Å². The van der Waals surface area contributed by atoms with Crippen LogP contribution in [0.4, 0.5) is 0 Å². The smallest absolute Gasteiger partial charge is 1.00 e. The molecular weight excluding hydrogens is 455 g/mol. The van der Waals surface area contributed by atoms with Crippen LogP contribution in [0.1, 0.15) is 16.7 Å². The minimum Gasteiger partial charge on any atom is -1.00 e. The van der Waals surface area contributed by atoms with Crippen LogP contribution >= 0.6 is 7.82 Å². The zero-order chi connectivity index (χ0) is 23.0. The van der Waals surface area contributed by atoms with Gasteiger partial charge in [-0.25, -0.2) is 14.2 Å². The average molecular weight is 482 g/mol. The van der Waals surface area contributed by atoms with E-state index < -0.39 is 68.6 Å². The number of phosphoric ester groups is 1. The summed E-state index contributed by atoms with van der Waals surface area (Å²) in [6, 6.07) is 0. The van der Waals surface area contributed by atoms with Gasteiger partial charge in [-0.1, -0.05) is 0 Å². The second kappa shape index (κ2) is 14.9. The number of aliphatic carboxylic acids is 2. The molecule has 29 heavy (non-hydrogen) atoms. The molecule has 8 atom stereocenters. The van der Waals surface area contributed by atoms with Crippen LogP contribution in [0.5, 0.6) is 0 Å². The predicted molar refractivity (Wildman–Crippen MR) is 93.6 cm³/mol. The van der Waals surface area contributed by atoms with E-state index in [9.17, 15) is 34.6 Å². The molecule has 11 N–H and O–H groups in total. The number of aliphatic hydroxyl groups excluding tert-OH is 7. The monoisotopic (exact) mass is 482 g/mol. The molecule has 0 radical (unpaired) electrons. The quantitative estimate of drug-likeness (QED) is 0.132. The van der Waals surface area contributed by atoms with Gasteiger partial charge >= 0.3 is 57.5 Å². The summed E-state index contributed by atoms with van der Waals surface area (Å²) in [5.41, 5.74) is 0. The first-order valence-corrected chi connectivity index (χ1v) is 8.93. The molecule has 1 aliphatic rings. The van der Waals surface area contributed by atoms with Crippen molar-refractivity contribution in [2.45, 2.75) is 62.7 Å². The van der Waals surface area contributed by atoms with Crippen molar-refractivity contribution in [3.05, 3.63) is 0 Å². The Morgan fingerprint density at radius 3 is 1.17 bits per heavy atom. The van der Waals surface area contributed by atoms with E-state index in [1.807, 2.05) is 0 Å². The summed E-state index contributed by atoms with van der Waals surface area (Å²) in [6.45, 7) is 2.39. The largest absolute Gasteiger partial charge is 2.00 e. The average Bonchev–Trinajstić information content (AvgIpc) is 2.55. The fraction of sp³-hybridized carbons (Fsp3) is 0.833. The van der Waals surface area contributed by atoms with Crippen LogP contribution in [0.15, 0.2) is 0 Å². The van der Waals surface area contributed by atoms with E-state index >= 15 is 0 Å². The van der Waals surface area contributed by atoms with E-state index in [-0.39, 0.29) is 40.6 Å². The summed E-state index contributed by atoms with van der Waals surface area (Å²) in [7, 11) is -5.01. The fourth-order valence-electron chi connectivity index (χ4n) is 1.48. The Kier molecular flexibility index (Phi) is 17.3. The maximum Gasteiger partial charge on any atom is 2.00 e. The molecule has 0 aromatic rings. The maximum atomic E-state index is 10.5. The van der Waals surface area contributed by atoms with Gasteiger partial charge in [-0.15, -0.1) is 0 Å². The molecule has 0 heterocycles. The maximum absolute atomic E-state index is 10.5. The second-order valence-electron chi connectivity index (χ2n) is 5.54. The molecule has 0 aliphatic heterocycles. The number of phosphoric acid groups is 1. The van der Waals surface area contributed by atoms with Gasteiger partial charge in [0.05, 0.1) is 0 Å². The minimum absolute atomic E-state index is 0. The standard InChI is InChI=1S/C6H13O9P.2C3H6O3.Ca.2H/c7-1-2(8)4(10)6(5(11)3(1)9)15-16(12,13)14;2*1-2(4)3(5)6;;;/h1-11H,(H2,12,13,14);2*2,4H,1H3,(H,5,6);;;/q;;;+2;2*-1/t1?,2-,3+,4-,5-,6?;;;;;/m0...../s1. The van der Waals surface area contributed by atoms with Crippen molar-refractivity contribution in [1.29, 1.82) is 0 Å². The topological polar surface area (TPSA) is 283 Å². The summed E-state index contributed by atoms with van der Waals surface area (Å²) in [5.74, 6) is -2.37. The predicted octanol–water partition coefficient (Wildman–Crippen LogP) is -4.97. The van der Waals surface area contributed by atoms with Gasteiger partial charge < -0.3 is 58.6 Å². The Labute approximate surface area is 197 Å². The molecule has 0 saturated heterocycles. The van der Waals surface area contributed by atoms with Gasteiger partial charge in [-0.2, -0.15) is 0 Å². The summed E-state index contributed by atoms with van der Waals surface area (Å²) in [4.78, 5) is 35.9. The van der Waals surface area contributed by atoms with Gasteiger partial charge in [0.25, 0.3) is 0 Å². The Hall–Kier alpha value is 0.0297. The minimum atomic E-state index is -5.01. The number of carboxylic acid groups (broad SMARTS) is 2. The van der Waals surface area contributed by atoms with Gasteiger partial charge in [0.2, 0.25) is 0 Å². The molecule has 0 bridgehead atoms. The molecular formula is C12H27CaO15P. The number of aliphatic hydroxyl groups is 7. The van der Waals surface area contributed by atoms with E-state index in [0.29, 0.717) is 0 Å². The van der Waals surface area contributed by atoms with E-state index in [1.54, 1.807) is 0 Å². The fourth-order valence-corrected chi connectivity index (χ4v) is 2.05. The molecule has 0 aromatic carbocycles. The summed E-state index contributed by atoms with van der Waals surface area (Å²) in [5, 5.41) is 77.7. The van der Waals surface area contributed by atoms with E-state index in [4.69, 9.17) is 35.3 Å². The molecule has 15 nitrogen and oxygen atoms in total. The molecule has 1 saturated carbocycles. The molecule has 1 rings (SSSR count). The van der Waals surface area contributed by atoms with Crippen molar-refractivity contribution in [1.82, 2.24) is 0 Å². The molecule has 0 amide bonds. The Morgan fingerprint density at radius 2 is 1.00 bits per heavy atom.